The summed E-state index contributed by atoms with van der Waals surface area (Å²) < 4.78 is 5.14. The van der Waals surface area contributed by atoms with Crippen LogP contribution in [0.25, 0.3) is 0 Å². The largest absolute Gasteiger partial charge is 0.445 e. The van der Waals surface area contributed by atoms with E-state index in [1.807, 2.05) is 42.5 Å². The lowest BCUT2D eigenvalue weighted by molar-refractivity contribution is 0.140. The van der Waals surface area contributed by atoms with Crippen molar-refractivity contribution in [2.75, 3.05) is 6.54 Å². The van der Waals surface area contributed by atoms with Gasteiger partial charge < -0.3 is 10.1 Å². The fourth-order valence-corrected chi connectivity index (χ4v) is 2.14. The number of carbonyl (C=O) groups excluding carboxylic acids is 1. The molecule has 0 spiro atoms. The molecule has 2 aromatic carbocycles. The lowest BCUT2D eigenvalue weighted by Crippen LogP contribution is -2.24. The molecule has 0 heterocycles. The molecule has 2 rings (SSSR count). The number of hydrogen-bond donors (Lipinski definition) is 1. The highest BCUT2D eigenvalue weighted by Gasteiger charge is 2.01. The van der Waals surface area contributed by atoms with Crippen LogP contribution in [0.15, 0.2) is 54.6 Å². The molecule has 0 radical (unpaired) electrons. The van der Waals surface area contributed by atoms with Crippen molar-refractivity contribution in [2.24, 2.45) is 0 Å². The second-order valence-corrected chi connectivity index (χ2v) is 5.82. The molecule has 1 amide bonds. The van der Waals surface area contributed by atoms with E-state index < -0.39 is 6.09 Å². The van der Waals surface area contributed by atoms with E-state index in [0.29, 0.717) is 18.9 Å². The first-order valence-electron chi connectivity index (χ1n) is 8.18. The van der Waals surface area contributed by atoms with E-state index >= 15 is 0 Å². The molecule has 0 aliphatic rings. The molecule has 24 heavy (non-hydrogen) atoms. The van der Waals surface area contributed by atoms with Crippen LogP contribution >= 0.6 is 0 Å². The number of rotatable bonds is 5. The van der Waals surface area contributed by atoms with Crippen LogP contribution in [0, 0.1) is 11.8 Å². The Bertz CT molecular complexity index is 711. The van der Waals surface area contributed by atoms with E-state index in [-0.39, 0.29) is 6.61 Å². The summed E-state index contributed by atoms with van der Waals surface area (Å²) >= 11 is 0. The standard InChI is InChI=1S/C21H23NO2/c1-17(2)20-13-8-12-18(15-20)9-6-7-14-22-21(23)24-16-19-10-4-3-5-11-19/h3-5,8,10-13,15,17H,7,14,16H2,1-2H3,(H,22,23). The maximum Gasteiger partial charge on any atom is 0.407 e. The van der Waals surface area contributed by atoms with Gasteiger partial charge in [-0.15, -0.1) is 0 Å². The van der Waals surface area contributed by atoms with Gasteiger partial charge in [-0.2, -0.15) is 0 Å². The summed E-state index contributed by atoms with van der Waals surface area (Å²) in [4.78, 5) is 11.6. The summed E-state index contributed by atoms with van der Waals surface area (Å²) in [5.41, 5.74) is 3.26. The Morgan fingerprint density at radius 1 is 1.12 bits per heavy atom. The Kier molecular flexibility index (Phi) is 6.91. The van der Waals surface area contributed by atoms with Crippen LogP contribution in [0.3, 0.4) is 0 Å². The van der Waals surface area contributed by atoms with Crippen LogP contribution in [0.2, 0.25) is 0 Å². The zero-order valence-corrected chi connectivity index (χ0v) is 14.2. The summed E-state index contributed by atoms with van der Waals surface area (Å²) in [6.07, 6.45) is 0.175. The predicted octanol–water partition coefficient (Wildman–Crippen LogP) is 4.48. The first kappa shape index (κ1) is 17.6. The zero-order chi connectivity index (χ0) is 17.2. The number of hydrogen-bond acceptors (Lipinski definition) is 2. The second-order valence-electron chi connectivity index (χ2n) is 5.82. The Balaban J connectivity index is 1.69. The van der Waals surface area contributed by atoms with Crippen molar-refractivity contribution in [3.8, 4) is 11.8 Å². The lowest BCUT2D eigenvalue weighted by atomic mass is 10.0. The third-order valence-electron chi connectivity index (χ3n) is 3.52. The van der Waals surface area contributed by atoms with Crippen molar-refractivity contribution in [2.45, 2.75) is 32.8 Å². The molecule has 0 atom stereocenters. The topological polar surface area (TPSA) is 38.3 Å². The fourth-order valence-electron chi connectivity index (χ4n) is 2.14. The predicted molar refractivity (Wildman–Crippen MR) is 96.7 cm³/mol. The first-order valence-corrected chi connectivity index (χ1v) is 8.18. The SMILES string of the molecule is CC(C)c1cccc(C#CCCNC(=O)OCc2ccccc2)c1. The van der Waals surface area contributed by atoms with Gasteiger partial charge in [-0.3, -0.25) is 0 Å². The van der Waals surface area contributed by atoms with E-state index in [4.69, 9.17) is 4.74 Å². The number of alkyl carbamates (subject to hydrolysis) is 1. The van der Waals surface area contributed by atoms with Crippen LogP contribution in [-0.2, 0) is 11.3 Å². The number of nitrogens with one attached hydrogen (secondary N) is 1. The number of ether oxygens (including phenoxy) is 1. The molecule has 0 unspecified atom stereocenters. The maximum atomic E-state index is 11.6. The molecule has 0 aliphatic carbocycles. The van der Waals surface area contributed by atoms with Crippen LogP contribution < -0.4 is 5.32 Å². The molecular formula is C21H23NO2. The third-order valence-corrected chi connectivity index (χ3v) is 3.52. The molecule has 0 bridgehead atoms. The van der Waals surface area contributed by atoms with Crippen molar-refractivity contribution in [3.05, 3.63) is 71.3 Å². The van der Waals surface area contributed by atoms with E-state index in [9.17, 15) is 4.79 Å². The highest BCUT2D eigenvalue weighted by atomic mass is 16.5. The third kappa shape index (κ3) is 6.18. The van der Waals surface area contributed by atoms with Gasteiger partial charge >= 0.3 is 6.09 Å². The van der Waals surface area contributed by atoms with Crippen molar-refractivity contribution < 1.29 is 9.53 Å². The van der Waals surface area contributed by atoms with E-state index in [1.165, 1.54) is 5.56 Å². The normalized spacial score (nSPS) is 9.96. The van der Waals surface area contributed by atoms with Gasteiger partial charge in [0.2, 0.25) is 0 Å². The van der Waals surface area contributed by atoms with Gasteiger partial charge in [-0.05, 0) is 29.2 Å². The number of amides is 1. The minimum atomic E-state index is -0.414. The van der Waals surface area contributed by atoms with Crippen molar-refractivity contribution >= 4 is 6.09 Å². The molecule has 0 aliphatic heterocycles. The van der Waals surface area contributed by atoms with Gasteiger partial charge in [-0.1, -0.05) is 68.2 Å². The summed E-state index contributed by atoms with van der Waals surface area (Å²) in [6, 6.07) is 17.9. The minimum absolute atomic E-state index is 0.278. The monoisotopic (exact) mass is 321 g/mol. The maximum absolute atomic E-state index is 11.6. The van der Waals surface area contributed by atoms with Crippen molar-refractivity contribution in [1.82, 2.24) is 5.32 Å². The molecule has 3 nitrogen and oxygen atoms in total. The molecule has 0 aromatic heterocycles. The quantitative estimate of drug-likeness (QED) is 0.651. The van der Waals surface area contributed by atoms with Crippen molar-refractivity contribution in [1.29, 1.82) is 0 Å². The summed E-state index contributed by atoms with van der Waals surface area (Å²) in [7, 11) is 0. The smallest absolute Gasteiger partial charge is 0.407 e. The summed E-state index contributed by atoms with van der Waals surface area (Å²) in [5, 5.41) is 2.71. The molecule has 0 saturated heterocycles. The summed E-state index contributed by atoms with van der Waals surface area (Å²) in [5.74, 6) is 6.70. The van der Waals surface area contributed by atoms with E-state index in [1.54, 1.807) is 0 Å². The molecule has 3 heteroatoms. The van der Waals surface area contributed by atoms with Crippen molar-refractivity contribution in [3.63, 3.8) is 0 Å². The van der Waals surface area contributed by atoms with Crippen LogP contribution in [-0.4, -0.2) is 12.6 Å². The molecule has 2 aromatic rings. The highest BCUT2D eigenvalue weighted by Crippen LogP contribution is 2.14. The molecular weight excluding hydrogens is 298 g/mol. The Hall–Kier alpha value is -2.73. The average Bonchev–Trinajstić information content (AvgIpc) is 2.61. The number of carbonyl (C=O) groups is 1. The fraction of sp³-hybridized carbons (Fsp3) is 0.286. The Morgan fingerprint density at radius 3 is 2.67 bits per heavy atom. The molecule has 124 valence electrons. The molecule has 0 fully saturated rings. The van der Waals surface area contributed by atoms with Gasteiger partial charge in [0.05, 0.1) is 0 Å². The summed E-state index contributed by atoms with van der Waals surface area (Å²) in [6.45, 7) is 5.08. The zero-order valence-electron chi connectivity index (χ0n) is 14.2. The van der Waals surface area contributed by atoms with Gasteiger partial charge in [0.1, 0.15) is 6.61 Å². The first-order chi connectivity index (χ1) is 11.6. The average molecular weight is 321 g/mol. The van der Waals surface area contributed by atoms with Gasteiger partial charge in [-0.25, -0.2) is 4.79 Å². The molecule has 1 N–H and O–H groups in total. The second kappa shape index (κ2) is 9.42. The van der Waals surface area contributed by atoms with E-state index in [0.717, 1.165) is 11.1 Å². The highest BCUT2D eigenvalue weighted by molar-refractivity contribution is 5.67. The Morgan fingerprint density at radius 2 is 1.92 bits per heavy atom. The van der Waals surface area contributed by atoms with Gasteiger partial charge in [0.15, 0.2) is 0 Å². The molecule has 0 saturated carbocycles. The van der Waals surface area contributed by atoms with Crippen LogP contribution in [0.5, 0.6) is 0 Å². The van der Waals surface area contributed by atoms with Gasteiger partial charge in [0, 0.05) is 18.5 Å². The Labute approximate surface area is 144 Å². The van der Waals surface area contributed by atoms with Gasteiger partial charge in [0.25, 0.3) is 0 Å². The van der Waals surface area contributed by atoms with E-state index in [2.05, 4.69) is 43.1 Å². The van der Waals surface area contributed by atoms with Crippen LogP contribution in [0.4, 0.5) is 4.79 Å². The number of benzene rings is 2. The lowest BCUT2D eigenvalue weighted by Gasteiger charge is -2.05. The van der Waals surface area contributed by atoms with Crippen LogP contribution in [0.1, 0.15) is 42.9 Å². The minimum Gasteiger partial charge on any atom is -0.445 e.